The van der Waals surface area contributed by atoms with Crippen LogP contribution in [0.3, 0.4) is 0 Å². The first-order valence-corrected chi connectivity index (χ1v) is 9.19. The van der Waals surface area contributed by atoms with Crippen molar-refractivity contribution in [1.82, 2.24) is 4.90 Å². The molecule has 1 aliphatic heterocycles. The van der Waals surface area contributed by atoms with E-state index in [9.17, 15) is 9.90 Å². The van der Waals surface area contributed by atoms with Crippen LogP contribution in [0.15, 0.2) is 24.3 Å². The highest BCUT2D eigenvalue weighted by Gasteiger charge is 2.48. The molecule has 0 unspecified atom stereocenters. The highest BCUT2D eigenvalue weighted by Crippen LogP contribution is 2.44. The molecule has 1 aliphatic carbocycles. The van der Waals surface area contributed by atoms with E-state index < -0.39 is 5.60 Å². The summed E-state index contributed by atoms with van der Waals surface area (Å²) in [4.78, 5) is 14.6. The molecule has 1 N–H and O–H groups in total. The second-order valence-corrected chi connectivity index (χ2v) is 7.36. The number of fused-ring (bicyclic) bond motifs is 1. The minimum atomic E-state index is -0.562. The van der Waals surface area contributed by atoms with E-state index in [0.29, 0.717) is 12.3 Å². The van der Waals surface area contributed by atoms with Gasteiger partial charge in [0.1, 0.15) is 5.75 Å². The maximum Gasteiger partial charge on any atom is 0.222 e. The van der Waals surface area contributed by atoms with Gasteiger partial charge in [-0.05, 0) is 49.3 Å². The molecule has 4 nitrogen and oxygen atoms in total. The molecular weight excluding hydrogens is 302 g/mol. The van der Waals surface area contributed by atoms with Crippen molar-refractivity contribution in [2.24, 2.45) is 11.8 Å². The fourth-order valence-electron chi connectivity index (χ4n) is 4.47. The summed E-state index contributed by atoms with van der Waals surface area (Å²) in [5.41, 5.74) is 0.597. The van der Waals surface area contributed by atoms with Gasteiger partial charge in [-0.3, -0.25) is 4.79 Å². The largest absolute Gasteiger partial charge is 0.497 e. The van der Waals surface area contributed by atoms with Crippen LogP contribution in [-0.2, 0) is 11.2 Å². The molecule has 1 heterocycles. The summed E-state index contributed by atoms with van der Waals surface area (Å²) in [5, 5.41) is 10.9. The fraction of sp³-hybridized carbons (Fsp3) is 0.650. The van der Waals surface area contributed by atoms with Gasteiger partial charge in [-0.1, -0.05) is 25.5 Å². The average molecular weight is 331 g/mol. The van der Waals surface area contributed by atoms with Gasteiger partial charge >= 0.3 is 0 Å². The van der Waals surface area contributed by atoms with Gasteiger partial charge in [0.05, 0.1) is 12.7 Å². The average Bonchev–Trinajstić information content (AvgIpc) is 3.06. The number of amides is 1. The predicted octanol–water partition coefficient (Wildman–Crippen LogP) is 3.03. The lowest BCUT2D eigenvalue weighted by Crippen LogP contribution is -2.44. The van der Waals surface area contributed by atoms with Crippen molar-refractivity contribution in [3.05, 3.63) is 29.8 Å². The maximum atomic E-state index is 12.6. The molecule has 0 spiro atoms. The second-order valence-electron chi connectivity index (χ2n) is 7.36. The quantitative estimate of drug-likeness (QED) is 0.902. The lowest BCUT2D eigenvalue weighted by Gasteiger charge is -2.40. The van der Waals surface area contributed by atoms with Crippen molar-refractivity contribution in [1.29, 1.82) is 0 Å². The zero-order valence-corrected chi connectivity index (χ0v) is 14.8. The lowest BCUT2D eigenvalue weighted by molar-refractivity contribution is -0.130. The van der Waals surface area contributed by atoms with Crippen molar-refractivity contribution in [2.45, 2.75) is 51.0 Å². The van der Waals surface area contributed by atoms with Crippen molar-refractivity contribution in [3.63, 3.8) is 0 Å². The lowest BCUT2D eigenvalue weighted by atomic mass is 9.69. The third-order valence-corrected chi connectivity index (χ3v) is 6.07. The van der Waals surface area contributed by atoms with Crippen molar-refractivity contribution in [3.8, 4) is 5.75 Å². The number of aliphatic hydroxyl groups is 1. The summed E-state index contributed by atoms with van der Waals surface area (Å²) in [6, 6.07) is 7.91. The number of benzene rings is 1. The van der Waals surface area contributed by atoms with Gasteiger partial charge in [0.15, 0.2) is 0 Å². The minimum absolute atomic E-state index is 0.221. The Morgan fingerprint density at radius 2 is 2.08 bits per heavy atom. The Kier molecular flexibility index (Phi) is 5.14. The molecule has 1 saturated carbocycles. The number of nitrogens with zero attached hydrogens (tertiary/aromatic N) is 1. The van der Waals surface area contributed by atoms with E-state index in [1.165, 1.54) is 0 Å². The molecule has 24 heavy (non-hydrogen) atoms. The van der Waals surface area contributed by atoms with Crippen LogP contribution in [0.5, 0.6) is 5.75 Å². The molecule has 1 amide bonds. The minimum Gasteiger partial charge on any atom is -0.497 e. The smallest absolute Gasteiger partial charge is 0.222 e. The molecule has 4 heteroatoms. The van der Waals surface area contributed by atoms with Crippen LogP contribution in [-0.4, -0.2) is 41.7 Å². The topological polar surface area (TPSA) is 49.8 Å². The molecule has 1 aromatic carbocycles. The second kappa shape index (κ2) is 7.14. The molecule has 3 atom stereocenters. The maximum absolute atomic E-state index is 12.6. The highest BCUT2D eigenvalue weighted by atomic mass is 16.5. The molecule has 2 fully saturated rings. The molecular formula is C20H29NO3. The summed E-state index contributed by atoms with van der Waals surface area (Å²) >= 11 is 0. The number of rotatable bonds is 5. The van der Waals surface area contributed by atoms with Crippen molar-refractivity contribution < 1.29 is 14.6 Å². The van der Waals surface area contributed by atoms with E-state index in [1.54, 1.807) is 7.11 Å². The van der Waals surface area contributed by atoms with Crippen LogP contribution in [0, 0.1) is 11.8 Å². The number of carbonyl (C=O) groups is 1. The van der Waals surface area contributed by atoms with E-state index >= 15 is 0 Å². The number of aryl methyl sites for hydroxylation is 1. The van der Waals surface area contributed by atoms with Crippen LogP contribution in [0.25, 0.3) is 0 Å². The fourth-order valence-corrected chi connectivity index (χ4v) is 4.47. The summed E-state index contributed by atoms with van der Waals surface area (Å²) in [6.07, 6.45) is 5.21. The first-order chi connectivity index (χ1) is 11.6. The number of carbonyl (C=O) groups excluding carboxylic acids is 1. The Bertz CT molecular complexity index is 571. The van der Waals surface area contributed by atoms with Crippen molar-refractivity contribution >= 4 is 5.91 Å². The Hall–Kier alpha value is -1.55. The van der Waals surface area contributed by atoms with Gasteiger partial charge in [0.25, 0.3) is 0 Å². The van der Waals surface area contributed by atoms with E-state index in [-0.39, 0.29) is 11.8 Å². The summed E-state index contributed by atoms with van der Waals surface area (Å²) in [5.74, 6) is 1.81. The zero-order valence-electron chi connectivity index (χ0n) is 14.8. The Balaban J connectivity index is 1.56. The third kappa shape index (κ3) is 3.44. The van der Waals surface area contributed by atoms with Gasteiger partial charge in [-0.2, -0.15) is 0 Å². The number of methoxy groups -OCH3 is 1. The Labute approximate surface area is 144 Å². The van der Waals surface area contributed by atoms with E-state index in [0.717, 1.165) is 56.5 Å². The van der Waals surface area contributed by atoms with E-state index in [1.807, 2.05) is 29.2 Å². The summed E-state index contributed by atoms with van der Waals surface area (Å²) < 4.78 is 5.16. The number of hydrogen-bond donors (Lipinski definition) is 1. The molecule has 0 aromatic heterocycles. The molecule has 1 aromatic rings. The molecule has 0 bridgehead atoms. The Morgan fingerprint density at radius 3 is 2.75 bits per heavy atom. The van der Waals surface area contributed by atoms with Gasteiger partial charge in [-0.15, -0.1) is 0 Å². The van der Waals surface area contributed by atoms with Crippen LogP contribution < -0.4 is 4.74 Å². The third-order valence-electron chi connectivity index (χ3n) is 6.07. The van der Waals surface area contributed by atoms with Crippen LogP contribution >= 0.6 is 0 Å². The van der Waals surface area contributed by atoms with Gasteiger partial charge < -0.3 is 14.7 Å². The first-order valence-electron chi connectivity index (χ1n) is 9.19. The van der Waals surface area contributed by atoms with Gasteiger partial charge in [0.2, 0.25) is 5.91 Å². The summed E-state index contributed by atoms with van der Waals surface area (Å²) in [6.45, 7) is 3.63. The van der Waals surface area contributed by atoms with Gasteiger partial charge in [0, 0.05) is 25.4 Å². The zero-order chi connectivity index (χ0) is 17.2. The van der Waals surface area contributed by atoms with Gasteiger partial charge in [-0.25, -0.2) is 0 Å². The number of ether oxygens (including phenoxy) is 1. The highest BCUT2D eigenvalue weighted by molar-refractivity contribution is 5.76. The molecule has 132 valence electrons. The van der Waals surface area contributed by atoms with Crippen LogP contribution in [0.4, 0.5) is 0 Å². The molecule has 1 saturated heterocycles. The molecule has 0 radical (unpaired) electrons. The molecule has 3 rings (SSSR count). The standard InChI is InChI=1S/C20H29NO3/c1-3-20(23)12-4-5-16-13-21(14-18(16)20)19(22)11-8-15-6-9-17(24-2)10-7-15/h6-7,9-10,16,18,23H,3-5,8,11-14H2,1-2H3/t16-,18+,20-/m1/s1. The first kappa shape index (κ1) is 17.3. The van der Waals surface area contributed by atoms with Crippen LogP contribution in [0.1, 0.15) is 44.6 Å². The van der Waals surface area contributed by atoms with Crippen molar-refractivity contribution in [2.75, 3.05) is 20.2 Å². The predicted molar refractivity (Wildman–Crippen MR) is 94.0 cm³/mol. The molecule has 2 aliphatic rings. The normalized spacial score (nSPS) is 29.4. The number of hydrogen-bond acceptors (Lipinski definition) is 3. The summed E-state index contributed by atoms with van der Waals surface area (Å²) in [7, 11) is 1.66. The Morgan fingerprint density at radius 1 is 1.33 bits per heavy atom. The number of likely N-dealkylation sites (tertiary alicyclic amines) is 1. The monoisotopic (exact) mass is 331 g/mol. The van der Waals surface area contributed by atoms with E-state index in [4.69, 9.17) is 4.74 Å². The van der Waals surface area contributed by atoms with E-state index in [2.05, 4.69) is 6.92 Å². The van der Waals surface area contributed by atoms with Crippen LogP contribution in [0.2, 0.25) is 0 Å². The SMILES string of the molecule is CC[C@@]1(O)CCC[C@@H]2CN(C(=O)CCc3ccc(OC)cc3)C[C@@H]21.